The summed E-state index contributed by atoms with van der Waals surface area (Å²) in [4.78, 5) is 0. The zero-order valence-electron chi connectivity index (χ0n) is 10.1. The Hall–Kier alpha value is -1.40. The summed E-state index contributed by atoms with van der Waals surface area (Å²) < 4.78 is 26.6. The molecule has 17 heavy (non-hydrogen) atoms. The van der Waals surface area contributed by atoms with E-state index in [9.17, 15) is 8.78 Å². The van der Waals surface area contributed by atoms with E-state index in [4.69, 9.17) is 6.42 Å². The van der Waals surface area contributed by atoms with E-state index < -0.39 is 11.6 Å². The highest BCUT2D eigenvalue weighted by Crippen LogP contribution is 2.19. The first-order valence-corrected chi connectivity index (χ1v) is 5.76. The molecule has 2 unspecified atom stereocenters. The van der Waals surface area contributed by atoms with Gasteiger partial charge in [0.15, 0.2) is 11.6 Å². The van der Waals surface area contributed by atoms with Crippen LogP contribution in [0.2, 0.25) is 0 Å². The molecule has 1 N–H and O–H groups in total. The Balaban J connectivity index is 2.79. The lowest BCUT2D eigenvalue weighted by molar-refractivity contribution is 0.451. The summed E-state index contributed by atoms with van der Waals surface area (Å²) in [7, 11) is 0. The molecule has 0 saturated carbocycles. The third-order valence-corrected chi connectivity index (χ3v) is 2.68. The molecule has 1 nitrogen and oxygen atoms in total. The van der Waals surface area contributed by atoms with E-state index in [0.29, 0.717) is 5.56 Å². The van der Waals surface area contributed by atoms with E-state index in [2.05, 4.69) is 11.2 Å². The van der Waals surface area contributed by atoms with E-state index in [0.717, 1.165) is 18.9 Å². The molecule has 0 aliphatic rings. The Bertz CT molecular complexity index is 409. The average Bonchev–Trinajstić information content (AvgIpc) is 2.31. The van der Waals surface area contributed by atoms with Gasteiger partial charge < -0.3 is 0 Å². The quantitative estimate of drug-likeness (QED) is 0.774. The van der Waals surface area contributed by atoms with Crippen molar-refractivity contribution < 1.29 is 8.78 Å². The highest BCUT2D eigenvalue weighted by atomic mass is 19.2. The Morgan fingerprint density at radius 3 is 2.71 bits per heavy atom. The van der Waals surface area contributed by atoms with Gasteiger partial charge in [0.1, 0.15) is 0 Å². The lowest BCUT2D eigenvalue weighted by Crippen LogP contribution is -2.30. The van der Waals surface area contributed by atoms with Gasteiger partial charge in [-0.3, -0.25) is 5.32 Å². The van der Waals surface area contributed by atoms with E-state index in [-0.39, 0.29) is 12.1 Å². The van der Waals surface area contributed by atoms with Crippen LogP contribution in [0.5, 0.6) is 0 Å². The molecule has 0 heterocycles. The Labute approximate surface area is 101 Å². The second-order valence-corrected chi connectivity index (χ2v) is 4.04. The lowest BCUT2D eigenvalue weighted by atomic mass is 10.1. The van der Waals surface area contributed by atoms with E-state index in [1.165, 1.54) is 6.07 Å². The van der Waals surface area contributed by atoms with Crippen molar-refractivity contribution >= 4 is 0 Å². The van der Waals surface area contributed by atoms with Crippen molar-refractivity contribution in [2.45, 2.75) is 38.8 Å². The maximum Gasteiger partial charge on any atom is 0.163 e. The predicted molar refractivity (Wildman–Crippen MR) is 65.4 cm³/mol. The number of rotatable bonds is 5. The Morgan fingerprint density at radius 1 is 1.41 bits per heavy atom. The highest BCUT2D eigenvalue weighted by Gasteiger charge is 2.16. The fourth-order valence-electron chi connectivity index (χ4n) is 1.75. The van der Waals surface area contributed by atoms with Gasteiger partial charge in [-0.1, -0.05) is 31.4 Å². The largest absolute Gasteiger partial charge is 0.297 e. The summed E-state index contributed by atoms with van der Waals surface area (Å²) in [5.41, 5.74) is 0.307. The third kappa shape index (κ3) is 3.54. The van der Waals surface area contributed by atoms with Crippen LogP contribution in [0.25, 0.3) is 0 Å². The molecule has 0 aliphatic carbocycles. The fourth-order valence-corrected chi connectivity index (χ4v) is 1.75. The topological polar surface area (TPSA) is 12.0 Å². The van der Waals surface area contributed by atoms with Gasteiger partial charge in [-0.15, -0.1) is 6.42 Å². The molecule has 0 aliphatic heterocycles. The number of terminal acetylenes is 1. The smallest absolute Gasteiger partial charge is 0.163 e. The zero-order chi connectivity index (χ0) is 12.8. The predicted octanol–water partition coefficient (Wildman–Crippen LogP) is 3.42. The van der Waals surface area contributed by atoms with Crippen molar-refractivity contribution in [2.24, 2.45) is 0 Å². The summed E-state index contributed by atoms with van der Waals surface area (Å²) in [6, 6.07) is 3.75. The van der Waals surface area contributed by atoms with Crippen LogP contribution in [0.3, 0.4) is 0 Å². The van der Waals surface area contributed by atoms with Crippen molar-refractivity contribution in [1.82, 2.24) is 5.32 Å². The first-order chi connectivity index (χ1) is 8.10. The molecule has 0 bridgehead atoms. The van der Waals surface area contributed by atoms with Gasteiger partial charge in [0.25, 0.3) is 0 Å². The zero-order valence-corrected chi connectivity index (χ0v) is 10.1. The van der Waals surface area contributed by atoms with Crippen LogP contribution < -0.4 is 5.32 Å². The van der Waals surface area contributed by atoms with Crippen LogP contribution >= 0.6 is 0 Å². The molecule has 3 heteroatoms. The third-order valence-electron chi connectivity index (χ3n) is 2.68. The minimum Gasteiger partial charge on any atom is -0.297 e. The molecule has 1 aromatic rings. The van der Waals surface area contributed by atoms with Crippen LogP contribution in [0.15, 0.2) is 18.2 Å². The van der Waals surface area contributed by atoms with Crippen LogP contribution in [0.4, 0.5) is 8.78 Å². The van der Waals surface area contributed by atoms with Gasteiger partial charge >= 0.3 is 0 Å². The monoisotopic (exact) mass is 237 g/mol. The van der Waals surface area contributed by atoms with Crippen LogP contribution in [-0.2, 0) is 0 Å². The maximum absolute atomic E-state index is 13.5. The summed E-state index contributed by atoms with van der Waals surface area (Å²) in [5, 5.41) is 3.11. The minimum atomic E-state index is -0.830. The fraction of sp³-hybridized carbons (Fsp3) is 0.429. The van der Waals surface area contributed by atoms with E-state index >= 15 is 0 Å². The maximum atomic E-state index is 13.5. The molecule has 1 rings (SSSR count). The second kappa shape index (κ2) is 6.36. The molecular formula is C14H17F2N. The molecule has 0 fully saturated rings. The van der Waals surface area contributed by atoms with Crippen molar-refractivity contribution in [2.75, 3.05) is 0 Å². The first kappa shape index (κ1) is 13.7. The SMILES string of the molecule is C#CC(CCC)NC(C)c1cccc(F)c1F. The summed E-state index contributed by atoms with van der Waals surface area (Å²) in [5.74, 6) is 0.975. The molecule has 0 radical (unpaired) electrons. The Morgan fingerprint density at radius 2 is 2.12 bits per heavy atom. The lowest BCUT2D eigenvalue weighted by Gasteiger charge is -2.19. The second-order valence-electron chi connectivity index (χ2n) is 4.04. The number of hydrogen-bond donors (Lipinski definition) is 1. The molecule has 0 amide bonds. The first-order valence-electron chi connectivity index (χ1n) is 5.76. The number of nitrogens with one attached hydrogen (secondary N) is 1. The standard InChI is InChI=1S/C14H17F2N/c1-4-7-11(5-2)17-10(3)12-8-6-9-13(15)14(12)16/h2,6,8-11,17H,4,7H2,1,3H3. The normalized spacial score (nSPS) is 14.1. The summed E-state index contributed by atoms with van der Waals surface area (Å²) in [6.07, 6.45) is 7.13. The van der Waals surface area contributed by atoms with Gasteiger partial charge in [-0.2, -0.15) is 0 Å². The van der Waals surface area contributed by atoms with Crippen LogP contribution in [0, 0.1) is 24.0 Å². The van der Waals surface area contributed by atoms with Crippen molar-refractivity contribution in [3.8, 4) is 12.3 Å². The number of hydrogen-bond acceptors (Lipinski definition) is 1. The molecule has 92 valence electrons. The summed E-state index contributed by atoms with van der Waals surface area (Å²) >= 11 is 0. The highest BCUT2D eigenvalue weighted by molar-refractivity contribution is 5.22. The van der Waals surface area contributed by atoms with Crippen molar-refractivity contribution in [3.05, 3.63) is 35.4 Å². The van der Waals surface area contributed by atoms with E-state index in [1.54, 1.807) is 13.0 Å². The van der Waals surface area contributed by atoms with Gasteiger partial charge in [0, 0.05) is 11.6 Å². The molecule has 0 spiro atoms. The van der Waals surface area contributed by atoms with Gasteiger partial charge in [0.05, 0.1) is 6.04 Å². The molecule has 0 aromatic heterocycles. The number of halogens is 2. The van der Waals surface area contributed by atoms with Gasteiger partial charge in [-0.05, 0) is 19.4 Å². The van der Waals surface area contributed by atoms with Crippen LogP contribution in [0.1, 0.15) is 38.3 Å². The van der Waals surface area contributed by atoms with Crippen molar-refractivity contribution in [3.63, 3.8) is 0 Å². The molecule has 2 atom stereocenters. The minimum absolute atomic E-state index is 0.113. The summed E-state index contributed by atoms with van der Waals surface area (Å²) in [6.45, 7) is 3.80. The number of benzene rings is 1. The van der Waals surface area contributed by atoms with Crippen molar-refractivity contribution in [1.29, 1.82) is 0 Å². The average molecular weight is 237 g/mol. The molecule has 0 saturated heterocycles. The molecule has 1 aromatic carbocycles. The molecular weight excluding hydrogens is 220 g/mol. The van der Waals surface area contributed by atoms with E-state index in [1.807, 2.05) is 6.92 Å². The van der Waals surface area contributed by atoms with Crippen LogP contribution in [-0.4, -0.2) is 6.04 Å². The Kier molecular flexibility index (Phi) is 5.11. The van der Waals surface area contributed by atoms with Gasteiger partial charge in [-0.25, -0.2) is 8.78 Å². The van der Waals surface area contributed by atoms with Gasteiger partial charge in [0.2, 0.25) is 0 Å².